The van der Waals surface area contributed by atoms with Gasteiger partial charge in [-0.25, -0.2) is 0 Å². The summed E-state index contributed by atoms with van der Waals surface area (Å²) in [6.07, 6.45) is 3.11. The highest BCUT2D eigenvalue weighted by Crippen LogP contribution is 2.07. The smallest absolute Gasteiger partial charge is 0.0287 e. The van der Waals surface area contributed by atoms with Gasteiger partial charge in [0.15, 0.2) is 0 Å². The maximum absolute atomic E-state index is 7.17. The zero-order valence-electron chi connectivity index (χ0n) is 7.33. The minimum atomic E-state index is 0.917. The number of nitrogens with one attached hydrogen (secondary N) is 1. The molecule has 0 aliphatic heterocycles. The Kier molecular flexibility index (Phi) is 2.75. The largest absolute Gasteiger partial charge is 0.308 e. The minimum Gasteiger partial charge on any atom is -0.308 e. The number of nitrogens with zero attached hydrogens (tertiary/aromatic N) is 1. The molecule has 0 aliphatic rings. The molecular formula is C10H12N2. The van der Waals surface area contributed by atoms with E-state index < -0.39 is 0 Å². The van der Waals surface area contributed by atoms with Crippen LogP contribution in [0, 0.1) is 12.3 Å². The highest BCUT2D eigenvalue weighted by molar-refractivity contribution is 5.93. The minimum absolute atomic E-state index is 0.917. The third-order valence-corrected chi connectivity index (χ3v) is 1.67. The molecule has 2 heteroatoms. The molecule has 0 saturated heterocycles. The molecule has 62 valence electrons. The van der Waals surface area contributed by atoms with Gasteiger partial charge in [0, 0.05) is 30.6 Å². The van der Waals surface area contributed by atoms with Gasteiger partial charge >= 0.3 is 0 Å². The second-order valence-electron chi connectivity index (χ2n) is 2.66. The Morgan fingerprint density at radius 1 is 1.33 bits per heavy atom. The summed E-state index contributed by atoms with van der Waals surface area (Å²) in [5.74, 6) is 0. The molecule has 0 heterocycles. The fourth-order valence-electron chi connectivity index (χ4n) is 1.08. The van der Waals surface area contributed by atoms with Gasteiger partial charge in [0.25, 0.3) is 0 Å². The van der Waals surface area contributed by atoms with E-state index in [1.165, 1.54) is 11.8 Å². The second kappa shape index (κ2) is 3.81. The van der Waals surface area contributed by atoms with Crippen molar-refractivity contribution in [2.45, 2.75) is 6.92 Å². The van der Waals surface area contributed by atoms with Gasteiger partial charge in [0.1, 0.15) is 0 Å². The molecular weight excluding hydrogens is 148 g/mol. The van der Waals surface area contributed by atoms with E-state index in [0.717, 1.165) is 11.1 Å². The van der Waals surface area contributed by atoms with Crippen molar-refractivity contribution in [2.24, 2.45) is 4.99 Å². The summed E-state index contributed by atoms with van der Waals surface area (Å²) in [5.41, 5.74) is 3.08. The molecule has 0 saturated carbocycles. The van der Waals surface area contributed by atoms with E-state index in [0.29, 0.717) is 0 Å². The highest BCUT2D eigenvalue weighted by Gasteiger charge is 1.95. The molecule has 0 bridgehead atoms. The summed E-state index contributed by atoms with van der Waals surface area (Å²) in [7, 11) is 1.73. The first-order chi connectivity index (χ1) is 5.77. The van der Waals surface area contributed by atoms with Crippen molar-refractivity contribution in [3.05, 3.63) is 34.9 Å². The molecule has 0 atom stereocenters. The van der Waals surface area contributed by atoms with Crippen LogP contribution in [0.2, 0.25) is 0 Å². The molecule has 0 aromatic heterocycles. The van der Waals surface area contributed by atoms with Crippen LogP contribution in [0.3, 0.4) is 0 Å². The van der Waals surface area contributed by atoms with Crippen molar-refractivity contribution in [1.29, 1.82) is 5.41 Å². The average molecular weight is 160 g/mol. The molecule has 1 rings (SSSR count). The van der Waals surface area contributed by atoms with Crippen LogP contribution in [0.4, 0.5) is 0 Å². The number of hydrogen-bond donors (Lipinski definition) is 1. The van der Waals surface area contributed by atoms with Gasteiger partial charge in [-0.15, -0.1) is 0 Å². The Bertz CT molecular complexity index is 314. The molecule has 2 nitrogen and oxygen atoms in total. The normalized spacial score (nSPS) is 10.5. The van der Waals surface area contributed by atoms with Gasteiger partial charge in [0.05, 0.1) is 0 Å². The van der Waals surface area contributed by atoms with Crippen molar-refractivity contribution in [3.8, 4) is 0 Å². The molecule has 12 heavy (non-hydrogen) atoms. The lowest BCUT2D eigenvalue weighted by molar-refractivity contribution is 1.42. The number of hydrogen-bond acceptors (Lipinski definition) is 2. The van der Waals surface area contributed by atoms with Crippen molar-refractivity contribution in [3.63, 3.8) is 0 Å². The van der Waals surface area contributed by atoms with Gasteiger partial charge in [0.2, 0.25) is 0 Å². The first-order valence-corrected chi connectivity index (χ1v) is 3.81. The van der Waals surface area contributed by atoms with Crippen LogP contribution in [0.15, 0.2) is 23.2 Å². The topological polar surface area (TPSA) is 36.2 Å². The Morgan fingerprint density at radius 2 is 2.08 bits per heavy atom. The summed E-state index contributed by atoms with van der Waals surface area (Å²) in [6.45, 7) is 2.01. The van der Waals surface area contributed by atoms with Crippen LogP contribution in [0.1, 0.15) is 16.7 Å². The van der Waals surface area contributed by atoms with E-state index in [-0.39, 0.29) is 0 Å². The second-order valence-corrected chi connectivity index (χ2v) is 2.66. The molecule has 0 spiro atoms. The standard InChI is InChI=1S/C10H12N2/c1-8-3-4-9(7-12-2)10(5-8)6-11/h3-7,11H,1-2H3/b11-6?,12-7-. The summed E-state index contributed by atoms with van der Waals surface area (Å²) in [6, 6.07) is 5.97. The third kappa shape index (κ3) is 1.78. The van der Waals surface area contributed by atoms with Crippen LogP contribution < -0.4 is 0 Å². The predicted molar refractivity (Wildman–Crippen MR) is 52.6 cm³/mol. The summed E-state index contributed by atoms with van der Waals surface area (Å²) in [5, 5.41) is 7.17. The van der Waals surface area contributed by atoms with E-state index in [1.807, 2.05) is 25.1 Å². The summed E-state index contributed by atoms with van der Waals surface area (Å²) < 4.78 is 0. The van der Waals surface area contributed by atoms with Gasteiger partial charge in [-0.05, 0) is 13.0 Å². The monoisotopic (exact) mass is 160 g/mol. The Hall–Kier alpha value is -1.44. The molecule has 0 aliphatic carbocycles. The molecule has 0 radical (unpaired) electrons. The van der Waals surface area contributed by atoms with E-state index in [2.05, 4.69) is 4.99 Å². The van der Waals surface area contributed by atoms with E-state index >= 15 is 0 Å². The zero-order valence-corrected chi connectivity index (χ0v) is 7.33. The number of aliphatic imine (C=N–C) groups is 1. The number of aryl methyl sites for hydroxylation is 1. The van der Waals surface area contributed by atoms with Gasteiger partial charge < -0.3 is 5.41 Å². The quantitative estimate of drug-likeness (QED) is 0.643. The van der Waals surface area contributed by atoms with E-state index in [4.69, 9.17) is 5.41 Å². The average Bonchev–Trinajstić information content (AvgIpc) is 2.08. The lowest BCUT2D eigenvalue weighted by Crippen LogP contribution is -1.91. The van der Waals surface area contributed by atoms with Crippen molar-refractivity contribution >= 4 is 12.4 Å². The van der Waals surface area contributed by atoms with Gasteiger partial charge in [-0.2, -0.15) is 0 Å². The lowest BCUT2D eigenvalue weighted by Gasteiger charge is -1.99. The van der Waals surface area contributed by atoms with Crippen LogP contribution >= 0.6 is 0 Å². The Morgan fingerprint density at radius 3 is 2.67 bits per heavy atom. The van der Waals surface area contributed by atoms with E-state index in [1.54, 1.807) is 13.3 Å². The zero-order chi connectivity index (χ0) is 8.97. The van der Waals surface area contributed by atoms with Gasteiger partial charge in [-0.1, -0.05) is 17.7 Å². The highest BCUT2D eigenvalue weighted by atomic mass is 14.6. The fraction of sp³-hybridized carbons (Fsp3) is 0.200. The molecule has 0 unspecified atom stereocenters. The maximum Gasteiger partial charge on any atom is 0.0287 e. The summed E-state index contributed by atoms with van der Waals surface area (Å²) in [4.78, 5) is 3.92. The van der Waals surface area contributed by atoms with Crippen molar-refractivity contribution in [2.75, 3.05) is 7.05 Å². The summed E-state index contributed by atoms with van der Waals surface area (Å²) >= 11 is 0. The van der Waals surface area contributed by atoms with Gasteiger partial charge in [-0.3, -0.25) is 4.99 Å². The first kappa shape index (κ1) is 8.65. The van der Waals surface area contributed by atoms with Crippen molar-refractivity contribution in [1.82, 2.24) is 0 Å². The molecule has 1 aromatic carbocycles. The Balaban J connectivity index is 3.19. The van der Waals surface area contributed by atoms with Crippen LogP contribution in [-0.2, 0) is 0 Å². The molecule has 0 amide bonds. The van der Waals surface area contributed by atoms with Crippen molar-refractivity contribution < 1.29 is 0 Å². The SMILES string of the molecule is C/N=C\c1ccc(C)cc1C=N. The Labute approximate surface area is 72.5 Å². The number of benzene rings is 1. The first-order valence-electron chi connectivity index (χ1n) is 3.81. The number of rotatable bonds is 2. The predicted octanol–water partition coefficient (Wildman–Crippen LogP) is 2.04. The van der Waals surface area contributed by atoms with Crippen LogP contribution in [-0.4, -0.2) is 19.5 Å². The van der Waals surface area contributed by atoms with Crippen LogP contribution in [0.25, 0.3) is 0 Å². The third-order valence-electron chi connectivity index (χ3n) is 1.67. The van der Waals surface area contributed by atoms with E-state index in [9.17, 15) is 0 Å². The molecule has 1 N–H and O–H groups in total. The lowest BCUT2D eigenvalue weighted by atomic mass is 10.1. The maximum atomic E-state index is 7.17. The molecule has 0 fully saturated rings. The van der Waals surface area contributed by atoms with Crippen LogP contribution in [0.5, 0.6) is 0 Å². The fourth-order valence-corrected chi connectivity index (χ4v) is 1.08. The molecule has 1 aromatic rings.